The highest BCUT2D eigenvalue weighted by Crippen LogP contribution is 2.45. The molecule has 0 amide bonds. The predicted octanol–water partition coefficient (Wildman–Crippen LogP) is 4.98. The molecule has 7 heteroatoms. The lowest BCUT2D eigenvalue weighted by Gasteiger charge is -2.28. The van der Waals surface area contributed by atoms with Crippen LogP contribution in [0.5, 0.6) is 34.5 Å². The first-order valence-electron chi connectivity index (χ1n) is 10.7. The maximum Gasteiger partial charge on any atom is 0.119 e. The van der Waals surface area contributed by atoms with Gasteiger partial charge in [0.25, 0.3) is 0 Å². The van der Waals surface area contributed by atoms with Gasteiger partial charge in [0, 0.05) is 18.1 Å². The van der Waals surface area contributed by atoms with Crippen molar-refractivity contribution in [1.82, 2.24) is 0 Å². The summed E-state index contributed by atoms with van der Waals surface area (Å²) < 4.78 is 0. The molecule has 178 valence electrons. The molecule has 7 N–H and O–H groups in total. The van der Waals surface area contributed by atoms with Crippen molar-refractivity contribution in [2.45, 2.75) is 12.0 Å². The maximum absolute atomic E-state index is 11.5. The summed E-state index contributed by atoms with van der Waals surface area (Å²) in [6.07, 6.45) is 0.480. The molecule has 0 aliphatic heterocycles. The third-order valence-corrected chi connectivity index (χ3v) is 5.62. The highest BCUT2D eigenvalue weighted by Gasteiger charge is 2.29. The first kappa shape index (κ1) is 23.5. The Morgan fingerprint density at radius 2 is 0.971 bits per heavy atom. The highest BCUT2D eigenvalue weighted by molar-refractivity contribution is 5.87. The Morgan fingerprint density at radius 1 is 0.514 bits per heavy atom. The topological polar surface area (TPSA) is 142 Å². The molecule has 0 aliphatic carbocycles. The van der Waals surface area contributed by atoms with E-state index in [0.717, 1.165) is 6.07 Å². The lowest BCUT2D eigenvalue weighted by atomic mass is 9.79. The molecule has 4 aromatic rings. The third-order valence-electron chi connectivity index (χ3n) is 5.62. The molecule has 35 heavy (non-hydrogen) atoms. The van der Waals surface area contributed by atoms with Gasteiger partial charge in [-0.15, -0.1) is 0 Å². The lowest BCUT2D eigenvalue weighted by Crippen LogP contribution is -2.13. The third kappa shape index (κ3) is 5.48. The number of phenols is 6. The van der Waals surface area contributed by atoms with Gasteiger partial charge >= 0.3 is 0 Å². The number of aromatic hydroxyl groups is 6. The molecule has 0 radical (unpaired) electrons. The molecule has 0 saturated heterocycles. The largest absolute Gasteiger partial charge is 0.508 e. The molecule has 0 unspecified atom stereocenters. The summed E-state index contributed by atoms with van der Waals surface area (Å²) in [7, 11) is 0. The Hall–Kier alpha value is -4.62. The van der Waals surface area contributed by atoms with Gasteiger partial charge in [0.2, 0.25) is 0 Å². The van der Waals surface area contributed by atoms with Crippen LogP contribution in [-0.2, 0) is 0 Å². The van der Waals surface area contributed by atoms with Crippen LogP contribution >= 0.6 is 0 Å². The number of aliphatic hydroxyl groups is 1. The van der Waals surface area contributed by atoms with Crippen molar-refractivity contribution in [3.8, 4) is 34.5 Å². The Balaban J connectivity index is 1.99. The average molecular weight is 472 g/mol. The van der Waals surface area contributed by atoms with Crippen molar-refractivity contribution in [2.75, 3.05) is 0 Å². The standard InChI is InChI=1S/C28H24O7/c29-20-5-1-16(2-6-20)9-26(18-10-22(31)14-23(32)11-18)27(19-12-24(33)15-25(34)13-19)28(35)17-3-7-21(30)8-4-17/h1-15,27-35H/b26-9+/t27-,28+/m0/s1. The van der Waals surface area contributed by atoms with E-state index in [0.29, 0.717) is 27.8 Å². The molecule has 7 nitrogen and oxygen atoms in total. The summed E-state index contributed by atoms with van der Waals surface area (Å²) in [6.45, 7) is 0. The summed E-state index contributed by atoms with van der Waals surface area (Å²) in [5.74, 6) is -1.66. The number of hydrogen-bond donors (Lipinski definition) is 7. The van der Waals surface area contributed by atoms with E-state index in [1.54, 1.807) is 30.3 Å². The van der Waals surface area contributed by atoms with Crippen molar-refractivity contribution in [1.29, 1.82) is 0 Å². The van der Waals surface area contributed by atoms with Crippen LogP contribution in [-0.4, -0.2) is 35.7 Å². The van der Waals surface area contributed by atoms with Gasteiger partial charge < -0.3 is 35.7 Å². The molecule has 0 heterocycles. The zero-order valence-corrected chi connectivity index (χ0v) is 18.4. The average Bonchev–Trinajstić information content (AvgIpc) is 2.79. The molecule has 2 atom stereocenters. The molecular formula is C28H24O7. The summed E-state index contributed by atoms with van der Waals surface area (Å²) in [4.78, 5) is 0. The van der Waals surface area contributed by atoms with E-state index in [9.17, 15) is 35.7 Å². The number of rotatable bonds is 6. The SMILES string of the molecule is Oc1ccc(/C=C(\c2cc(O)cc(O)c2)[C@H](c2cc(O)cc(O)c2)[C@H](O)c2ccc(O)cc2)cc1. The van der Waals surface area contributed by atoms with Crippen LogP contribution in [0.25, 0.3) is 11.6 Å². The molecule has 0 saturated carbocycles. The number of phenolic OH excluding ortho intramolecular Hbond substituents is 6. The van der Waals surface area contributed by atoms with Crippen LogP contribution in [0.15, 0.2) is 84.9 Å². The zero-order valence-electron chi connectivity index (χ0n) is 18.4. The van der Waals surface area contributed by atoms with Gasteiger partial charge in [-0.25, -0.2) is 0 Å². The van der Waals surface area contributed by atoms with Crippen LogP contribution in [0.2, 0.25) is 0 Å². The summed E-state index contributed by atoms with van der Waals surface area (Å²) in [6, 6.07) is 20.2. The van der Waals surface area contributed by atoms with Crippen molar-refractivity contribution >= 4 is 11.6 Å². The molecule has 0 aromatic heterocycles. The Bertz CT molecular complexity index is 1320. The van der Waals surface area contributed by atoms with Crippen LogP contribution in [0.4, 0.5) is 0 Å². The van der Waals surface area contributed by atoms with Crippen LogP contribution in [0.1, 0.15) is 34.3 Å². The second kappa shape index (κ2) is 9.70. The monoisotopic (exact) mass is 472 g/mol. The van der Waals surface area contributed by atoms with E-state index in [2.05, 4.69) is 0 Å². The van der Waals surface area contributed by atoms with Crippen molar-refractivity contribution in [3.63, 3.8) is 0 Å². The van der Waals surface area contributed by atoms with Gasteiger partial charge in [-0.2, -0.15) is 0 Å². The molecule has 0 aliphatic rings. The second-order valence-electron chi connectivity index (χ2n) is 8.23. The molecule has 4 rings (SSSR count). The first-order chi connectivity index (χ1) is 16.7. The molecule has 0 bridgehead atoms. The summed E-state index contributed by atoms with van der Waals surface area (Å²) in [5, 5.41) is 71.7. The lowest BCUT2D eigenvalue weighted by molar-refractivity contribution is 0.165. The van der Waals surface area contributed by atoms with Gasteiger partial charge in [0.15, 0.2) is 0 Å². The van der Waals surface area contributed by atoms with Crippen LogP contribution < -0.4 is 0 Å². The van der Waals surface area contributed by atoms with E-state index >= 15 is 0 Å². The molecule has 0 fully saturated rings. The fourth-order valence-corrected chi connectivity index (χ4v) is 4.06. The molecular weight excluding hydrogens is 448 g/mol. The second-order valence-corrected chi connectivity index (χ2v) is 8.23. The predicted molar refractivity (Wildman–Crippen MR) is 131 cm³/mol. The van der Waals surface area contributed by atoms with Crippen molar-refractivity contribution in [3.05, 3.63) is 107 Å². The van der Waals surface area contributed by atoms with Gasteiger partial charge in [-0.1, -0.05) is 30.3 Å². The van der Waals surface area contributed by atoms with Gasteiger partial charge in [0.05, 0.1) is 6.10 Å². The van der Waals surface area contributed by atoms with E-state index in [4.69, 9.17) is 0 Å². The van der Waals surface area contributed by atoms with Gasteiger partial charge in [0.1, 0.15) is 34.5 Å². The van der Waals surface area contributed by atoms with E-state index in [1.807, 2.05) is 0 Å². The minimum absolute atomic E-state index is 0.0188. The molecule has 4 aromatic carbocycles. The quantitative estimate of drug-likeness (QED) is 0.196. The van der Waals surface area contributed by atoms with Crippen molar-refractivity contribution in [2.24, 2.45) is 0 Å². The summed E-state index contributed by atoms with van der Waals surface area (Å²) >= 11 is 0. The normalized spacial score (nSPS) is 13.3. The minimum Gasteiger partial charge on any atom is -0.508 e. The summed E-state index contributed by atoms with van der Waals surface area (Å²) in [5.41, 5.74) is 2.26. The number of aliphatic hydroxyl groups excluding tert-OH is 1. The fourth-order valence-electron chi connectivity index (χ4n) is 4.06. The smallest absolute Gasteiger partial charge is 0.119 e. The highest BCUT2D eigenvalue weighted by atomic mass is 16.3. The van der Waals surface area contributed by atoms with Gasteiger partial charge in [-0.05, 0) is 76.4 Å². The minimum atomic E-state index is -1.23. The molecule has 0 spiro atoms. The van der Waals surface area contributed by atoms with E-state index in [-0.39, 0.29) is 34.5 Å². The van der Waals surface area contributed by atoms with Crippen molar-refractivity contribution < 1.29 is 35.7 Å². The fraction of sp³-hybridized carbons (Fsp3) is 0.0714. The maximum atomic E-state index is 11.5. The van der Waals surface area contributed by atoms with Gasteiger partial charge in [-0.3, -0.25) is 0 Å². The number of benzene rings is 4. The van der Waals surface area contributed by atoms with E-state index in [1.165, 1.54) is 54.6 Å². The van der Waals surface area contributed by atoms with Crippen LogP contribution in [0.3, 0.4) is 0 Å². The Morgan fingerprint density at radius 3 is 1.49 bits per heavy atom. The van der Waals surface area contributed by atoms with E-state index < -0.39 is 12.0 Å². The Kier molecular flexibility index (Phi) is 6.53. The number of hydrogen-bond acceptors (Lipinski definition) is 7. The Labute approximate surface area is 201 Å². The zero-order chi connectivity index (χ0) is 25.1. The first-order valence-corrected chi connectivity index (χ1v) is 10.7. The van der Waals surface area contributed by atoms with Crippen LogP contribution in [0, 0.1) is 0 Å².